The summed E-state index contributed by atoms with van der Waals surface area (Å²) in [6.07, 6.45) is 0.243. The van der Waals surface area contributed by atoms with Gasteiger partial charge in [-0.15, -0.1) is 11.3 Å². The van der Waals surface area contributed by atoms with Crippen LogP contribution in [0.5, 0.6) is 11.5 Å². The predicted molar refractivity (Wildman–Crippen MR) is 122 cm³/mol. The molecular weight excluding hydrogens is 396 g/mol. The zero-order chi connectivity index (χ0) is 21.1. The molecule has 0 saturated carbocycles. The summed E-state index contributed by atoms with van der Waals surface area (Å²) >= 11 is 1.51. The van der Waals surface area contributed by atoms with Crippen molar-refractivity contribution >= 4 is 33.7 Å². The Kier molecular flexibility index (Phi) is 5.68. The van der Waals surface area contributed by atoms with Crippen LogP contribution in [0.1, 0.15) is 5.69 Å². The second-order valence-electron chi connectivity index (χ2n) is 6.87. The van der Waals surface area contributed by atoms with Crippen LogP contribution in [0.15, 0.2) is 66.0 Å². The first-order chi connectivity index (χ1) is 14.6. The number of hydrogen-bond donors (Lipinski definition) is 0. The van der Waals surface area contributed by atoms with Gasteiger partial charge in [0.15, 0.2) is 11.5 Å². The molecule has 5 nitrogen and oxygen atoms in total. The largest absolute Gasteiger partial charge is 0.493 e. The fraction of sp³-hybridized carbons (Fsp3) is 0.167. The number of likely N-dealkylation sites (N-methyl/N-ethyl adjacent to an activating group) is 1. The van der Waals surface area contributed by atoms with Crippen LogP contribution in [-0.2, 0) is 11.2 Å². The summed E-state index contributed by atoms with van der Waals surface area (Å²) in [6, 6.07) is 19.8. The summed E-state index contributed by atoms with van der Waals surface area (Å²) in [4.78, 5) is 19.2. The van der Waals surface area contributed by atoms with E-state index in [-0.39, 0.29) is 12.3 Å². The molecule has 0 atom stereocenters. The second kappa shape index (κ2) is 8.55. The van der Waals surface area contributed by atoms with Crippen LogP contribution in [0.2, 0.25) is 0 Å². The molecule has 3 aromatic carbocycles. The lowest BCUT2D eigenvalue weighted by Gasteiger charge is -2.17. The number of carbonyl (C=O) groups excluding carboxylic acids is 1. The molecule has 0 unspecified atom stereocenters. The van der Waals surface area contributed by atoms with E-state index in [1.54, 1.807) is 26.2 Å². The minimum absolute atomic E-state index is 0.00515. The van der Waals surface area contributed by atoms with Gasteiger partial charge in [-0.25, -0.2) is 4.98 Å². The number of thiazole rings is 1. The maximum Gasteiger partial charge on any atom is 0.232 e. The lowest BCUT2D eigenvalue weighted by atomic mass is 10.1. The third-order valence-electron chi connectivity index (χ3n) is 5.01. The van der Waals surface area contributed by atoms with Gasteiger partial charge < -0.3 is 14.4 Å². The van der Waals surface area contributed by atoms with Crippen LogP contribution >= 0.6 is 11.3 Å². The molecule has 1 aromatic heterocycles. The molecule has 0 aliphatic rings. The van der Waals surface area contributed by atoms with Crippen molar-refractivity contribution in [2.24, 2.45) is 0 Å². The Bertz CT molecular complexity index is 1200. The monoisotopic (exact) mass is 418 g/mol. The summed E-state index contributed by atoms with van der Waals surface area (Å²) in [5, 5.41) is 5.03. The Hall–Kier alpha value is -3.38. The second-order valence-corrected chi connectivity index (χ2v) is 7.73. The molecule has 4 rings (SSSR count). The van der Waals surface area contributed by atoms with Crippen LogP contribution in [0.25, 0.3) is 21.3 Å². The fourth-order valence-corrected chi connectivity index (χ4v) is 4.11. The van der Waals surface area contributed by atoms with Crippen LogP contribution in [0.4, 0.5) is 5.69 Å². The van der Waals surface area contributed by atoms with Gasteiger partial charge in [-0.05, 0) is 41.1 Å². The fourth-order valence-electron chi connectivity index (χ4n) is 3.29. The van der Waals surface area contributed by atoms with E-state index in [0.717, 1.165) is 32.7 Å². The summed E-state index contributed by atoms with van der Waals surface area (Å²) in [7, 11) is 5.01. The first-order valence-electron chi connectivity index (χ1n) is 9.51. The van der Waals surface area contributed by atoms with Crippen LogP contribution < -0.4 is 14.4 Å². The number of ether oxygens (including phenoxy) is 2. The van der Waals surface area contributed by atoms with Gasteiger partial charge in [-0.1, -0.05) is 30.3 Å². The number of rotatable bonds is 6. The maximum atomic E-state index is 12.8. The van der Waals surface area contributed by atoms with E-state index in [0.29, 0.717) is 11.5 Å². The average molecular weight is 419 g/mol. The smallest absolute Gasteiger partial charge is 0.232 e. The van der Waals surface area contributed by atoms with Gasteiger partial charge in [-0.3, -0.25) is 4.79 Å². The lowest BCUT2D eigenvalue weighted by Crippen LogP contribution is -2.27. The number of fused-ring (bicyclic) bond motifs is 1. The molecule has 0 radical (unpaired) electrons. The summed E-state index contributed by atoms with van der Waals surface area (Å²) in [5.41, 5.74) is 2.55. The molecule has 152 valence electrons. The van der Waals surface area contributed by atoms with E-state index in [1.807, 2.05) is 60.0 Å². The number of aromatic nitrogens is 1. The van der Waals surface area contributed by atoms with Gasteiger partial charge in [0.2, 0.25) is 5.91 Å². The first kappa shape index (κ1) is 19.9. The van der Waals surface area contributed by atoms with E-state index < -0.39 is 0 Å². The first-order valence-corrected chi connectivity index (χ1v) is 10.4. The minimum Gasteiger partial charge on any atom is -0.493 e. The molecule has 4 aromatic rings. The minimum atomic E-state index is -0.00515. The number of carbonyl (C=O) groups is 1. The van der Waals surface area contributed by atoms with E-state index in [2.05, 4.69) is 11.1 Å². The van der Waals surface area contributed by atoms with Crippen molar-refractivity contribution in [1.29, 1.82) is 0 Å². The van der Waals surface area contributed by atoms with Crippen molar-refractivity contribution in [2.75, 3.05) is 26.2 Å². The van der Waals surface area contributed by atoms with Crippen molar-refractivity contribution in [2.45, 2.75) is 6.42 Å². The van der Waals surface area contributed by atoms with Gasteiger partial charge in [0.1, 0.15) is 5.01 Å². The Morgan fingerprint density at radius 3 is 2.50 bits per heavy atom. The highest BCUT2D eigenvalue weighted by Gasteiger charge is 2.15. The third-order valence-corrected chi connectivity index (χ3v) is 5.95. The van der Waals surface area contributed by atoms with E-state index in [1.165, 1.54) is 11.3 Å². The van der Waals surface area contributed by atoms with Gasteiger partial charge in [0.05, 0.1) is 26.3 Å². The van der Waals surface area contributed by atoms with Crippen molar-refractivity contribution in [3.63, 3.8) is 0 Å². The van der Waals surface area contributed by atoms with Crippen molar-refractivity contribution in [3.8, 4) is 22.1 Å². The number of anilines is 1. The number of nitrogens with zero attached hydrogens (tertiary/aromatic N) is 2. The zero-order valence-electron chi connectivity index (χ0n) is 17.1. The zero-order valence-corrected chi connectivity index (χ0v) is 17.9. The number of benzene rings is 3. The topological polar surface area (TPSA) is 51.7 Å². The molecule has 6 heteroatoms. The SMILES string of the molecule is COc1ccc(-c2nc(CC(=O)N(C)c3ccc4ccccc4c3)cs2)cc1OC. The van der Waals surface area contributed by atoms with Crippen LogP contribution in [-0.4, -0.2) is 32.2 Å². The number of amides is 1. The molecule has 0 fully saturated rings. The van der Waals surface area contributed by atoms with E-state index in [4.69, 9.17) is 9.47 Å². The van der Waals surface area contributed by atoms with Crippen LogP contribution in [0, 0.1) is 0 Å². The highest BCUT2D eigenvalue weighted by Crippen LogP contribution is 2.33. The molecule has 0 aliphatic carbocycles. The summed E-state index contributed by atoms with van der Waals surface area (Å²) < 4.78 is 10.7. The molecule has 30 heavy (non-hydrogen) atoms. The highest BCUT2D eigenvalue weighted by molar-refractivity contribution is 7.13. The van der Waals surface area contributed by atoms with E-state index >= 15 is 0 Å². The molecule has 0 saturated heterocycles. The predicted octanol–water partition coefficient (Wildman–Crippen LogP) is 5.19. The van der Waals surface area contributed by atoms with E-state index in [9.17, 15) is 4.79 Å². The molecule has 0 spiro atoms. The Morgan fingerprint density at radius 1 is 0.967 bits per heavy atom. The van der Waals surface area contributed by atoms with Crippen LogP contribution in [0.3, 0.4) is 0 Å². The summed E-state index contributed by atoms with van der Waals surface area (Å²) in [5.74, 6) is 1.32. The third kappa shape index (κ3) is 4.00. The average Bonchev–Trinajstić information content (AvgIpc) is 3.26. The Balaban J connectivity index is 1.50. The van der Waals surface area contributed by atoms with Gasteiger partial charge in [-0.2, -0.15) is 0 Å². The van der Waals surface area contributed by atoms with Gasteiger partial charge in [0.25, 0.3) is 0 Å². The molecule has 0 N–H and O–H groups in total. The van der Waals surface area contributed by atoms with Gasteiger partial charge in [0, 0.05) is 23.7 Å². The van der Waals surface area contributed by atoms with Crippen molar-refractivity contribution in [3.05, 3.63) is 71.7 Å². The lowest BCUT2D eigenvalue weighted by molar-refractivity contribution is -0.117. The summed E-state index contributed by atoms with van der Waals surface area (Å²) in [6.45, 7) is 0. The highest BCUT2D eigenvalue weighted by atomic mass is 32.1. The van der Waals surface area contributed by atoms with Crippen molar-refractivity contribution in [1.82, 2.24) is 4.98 Å². The van der Waals surface area contributed by atoms with Gasteiger partial charge >= 0.3 is 0 Å². The quantitative estimate of drug-likeness (QED) is 0.433. The number of hydrogen-bond acceptors (Lipinski definition) is 5. The Labute approximate surface area is 179 Å². The van der Waals surface area contributed by atoms with Crippen molar-refractivity contribution < 1.29 is 14.3 Å². The molecule has 0 bridgehead atoms. The molecular formula is C24H22N2O3S. The number of methoxy groups -OCH3 is 2. The molecule has 0 aliphatic heterocycles. The normalized spacial score (nSPS) is 10.8. The molecule has 1 amide bonds. The standard InChI is InChI=1S/C24H22N2O3S/c1-26(20-10-8-16-6-4-5-7-17(16)12-20)23(27)14-19-15-30-24(25-19)18-9-11-21(28-2)22(13-18)29-3/h4-13,15H,14H2,1-3H3. The maximum absolute atomic E-state index is 12.8. The molecule has 1 heterocycles. The Morgan fingerprint density at radius 2 is 1.73 bits per heavy atom.